The van der Waals surface area contributed by atoms with Gasteiger partial charge in [-0.1, -0.05) is 0 Å². The number of hydrogen-bond acceptors (Lipinski definition) is 4. The van der Waals surface area contributed by atoms with E-state index in [1.54, 1.807) is 13.8 Å². The van der Waals surface area contributed by atoms with Gasteiger partial charge in [-0.3, -0.25) is 10.1 Å². The second kappa shape index (κ2) is 4.32. The fourth-order valence-corrected chi connectivity index (χ4v) is 0.758. The van der Waals surface area contributed by atoms with E-state index in [0.29, 0.717) is 0 Å². The summed E-state index contributed by atoms with van der Waals surface area (Å²) in [5.74, 6) is 0.204. The SMILES string of the molecule is CC(C)(CCl)C(=O)Nc1nccnn1. The van der Waals surface area contributed by atoms with Gasteiger partial charge in [0.25, 0.3) is 0 Å². The lowest BCUT2D eigenvalue weighted by atomic mass is 9.95. The highest BCUT2D eigenvalue weighted by Crippen LogP contribution is 2.18. The Labute approximate surface area is 86.9 Å². The molecule has 1 heterocycles. The molecule has 76 valence electrons. The summed E-state index contributed by atoms with van der Waals surface area (Å²) in [5.41, 5.74) is -0.638. The van der Waals surface area contributed by atoms with Gasteiger partial charge in [-0.15, -0.1) is 16.7 Å². The van der Waals surface area contributed by atoms with Crippen LogP contribution in [-0.2, 0) is 4.79 Å². The largest absolute Gasteiger partial charge is 0.293 e. The molecule has 5 nitrogen and oxygen atoms in total. The molecule has 0 saturated heterocycles. The highest BCUT2D eigenvalue weighted by molar-refractivity contribution is 6.20. The first-order valence-electron chi connectivity index (χ1n) is 4.07. The summed E-state index contributed by atoms with van der Waals surface area (Å²) in [6, 6.07) is 0. The number of halogens is 1. The summed E-state index contributed by atoms with van der Waals surface area (Å²) in [6.45, 7) is 3.48. The van der Waals surface area contributed by atoms with E-state index in [1.807, 2.05) is 0 Å². The van der Waals surface area contributed by atoms with E-state index in [9.17, 15) is 4.79 Å². The molecule has 0 aliphatic rings. The van der Waals surface area contributed by atoms with Gasteiger partial charge in [0, 0.05) is 5.88 Å². The molecule has 0 fully saturated rings. The fourth-order valence-electron chi connectivity index (χ4n) is 0.636. The fraction of sp³-hybridized carbons (Fsp3) is 0.500. The Morgan fingerprint density at radius 3 is 2.79 bits per heavy atom. The predicted octanol–water partition coefficient (Wildman–Crippen LogP) is 1.08. The summed E-state index contributed by atoms with van der Waals surface area (Å²) >= 11 is 5.64. The smallest absolute Gasteiger partial charge is 0.249 e. The van der Waals surface area contributed by atoms with E-state index in [1.165, 1.54) is 12.4 Å². The maximum absolute atomic E-state index is 11.6. The summed E-state index contributed by atoms with van der Waals surface area (Å²) in [6.07, 6.45) is 2.89. The minimum absolute atomic E-state index is 0.190. The molecule has 14 heavy (non-hydrogen) atoms. The minimum Gasteiger partial charge on any atom is -0.293 e. The first-order chi connectivity index (χ1) is 6.56. The minimum atomic E-state index is -0.638. The molecule has 1 amide bonds. The first-order valence-corrected chi connectivity index (χ1v) is 4.61. The molecule has 0 atom stereocenters. The number of alkyl halides is 1. The van der Waals surface area contributed by atoms with Crippen LogP contribution in [0, 0.1) is 5.41 Å². The molecule has 1 rings (SSSR count). The lowest BCUT2D eigenvalue weighted by Gasteiger charge is -2.18. The van der Waals surface area contributed by atoms with Crippen molar-refractivity contribution in [3.63, 3.8) is 0 Å². The number of amides is 1. The van der Waals surface area contributed by atoms with Gasteiger partial charge in [-0.05, 0) is 13.8 Å². The molecule has 0 unspecified atom stereocenters. The molecule has 0 bridgehead atoms. The van der Waals surface area contributed by atoms with Gasteiger partial charge in [0.15, 0.2) is 0 Å². The number of nitrogens with one attached hydrogen (secondary N) is 1. The molecule has 0 aliphatic carbocycles. The number of hydrogen-bond donors (Lipinski definition) is 1. The topological polar surface area (TPSA) is 67.8 Å². The molecular weight excluding hydrogens is 204 g/mol. The van der Waals surface area contributed by atoms with E-state index in [0.717, 1.165) is 0 Å². The number of carbonyl (C=O) groups excluding carboxylic acids is 1. The monoisotopic (exact) mass is 214 g/mol. The van der Waals surface area contributed by atoms with Crippen LogP contribution in [0.1, 0.15) is 13.8 Å². The van der Waals surface area contributed by atoms with Gasteiger partial charge in [0.2, 0.25) is 11.9 Å². The lowest BCUT2D eigenvalue weighted by Crippen LogP contribution is -2.32. The van der Waals surface area contributed by atoms with Crippen LogP contribution in [0.25, 0.3) is 0 Å². The van der Waals surface area contributed by atoms with Gasteiger partial charge in [0.05, 0.1) is 17.8 Å². The molecule has 0 radical (unpaired) electrons. The Balaban J connectivity index is 2.67. The maximum atomic E-state index is 11.6. The third kappa shape index (κ3) is 2.63. The van der Waals surface area contributed by atoms with Crippen LogP contribution in [0.5, 0.6) is 0 Å². The van der Waals surface area contributed by atoms with Crippen molar-refractivity contribution in [2.75, 3.05) is 11.2 Å². The Morgan fingerprint density at radius 1 is 1.57 bits per heavy atom. The molecule has 0 aliphatic heterocycles. The van der Waals surface area contributed by atoms with Crippen molar-refractivity contribution < 1.29 is 4.79 Å². The van der Waals surface area contributed by atoms with Gasteiger partial charge < -0.3 is 0 Å². The zero-order chi connectivity index (χ0) is 10.6. The molecule has 6 heteroatoms. The van der Waals surface area contributed by atoms with E-state index in [4.69, 9.17) is 11.6 Å². The molecule has 1 N–H and O–H groups in total. The van der Waals surface area contributed by atoms with Gasteiger partial charge >= 0.3 is 0 Å². The summed E-state index contributed by atoms with van der Waals surface area (Å²) < 4.78 is 0. The number of nitrogens with zero attached hydrogens (tertiary/aromatic N) is 3. The van der Waals surface area contributed by atoms with Crippen LogP contribution in [-0.4, -0.2) is 27.0 Å². The van der Waals surface area contributed by atoms with Crippen molar-refractivity contribution in [3.05, 3.63) is 12.4 Å². The van der Waals surface area contributed by atoms with E-state index in [2.05, 4.69) is 20.5 Å². The average molecular weight is 215 g/mol. The normalized spacial score (nSPS) is 11.1. The zero-order valence-electron chi connectivity index (χ0n) is 7.99. The van der Waals surface area contributed by atoms with Crippen molar-refractivity contribution in [3.8, 4) is 0 Å². The average Bonchev–Trinajstić information content (AvgIpc) is 2.19. The Kier molecular flexibility index (Phi) is 3.35. The summed E-state index contributed by atoms with van der Waals surface area (Å²) in [7, 11) is 0. The first kappa shape index (κ1) is 10.8. The number of anilines is 1. The van der Waals surface area contributed by atoms with Crippen molar-refractivity contribution in [1.82, 2.24) is 15.2 Å². The van der Waals surface area contributed by atoms with Crippen LogP contribution >= 0.6 is 11.6 Å². The number of carbonyl (C=O) groups is 1. The van der Waals surface area contributed by atoms with Crippen molar-refractivity contribution in [1.29, 1.82) is 0 Å². The van der Waals surface area contributed by atoms with Crippen LogP contribution < -0.4 is 5.32 Å². The van der Waals surface area contributed by atoms with Crippen molar-refractivity contribution in [2.24, 2.45) is 5.41 Å². The van der Waals surface area contributed by atoms with Crippen LogP contribution in [0.15, 0.2) is 12.4 Å². The Morgan fingerprint density at radius 2 is 2.29 bits per heavy atom. The molecule has 1 aromatic rings. The second-order valence-electron chi connectivity index (χ2n) is 3.44. The standard InChI is InChI=1S/C8H11ClN4O/c1-8(2,5-9)6(14)12-7-10-3-4-11-13-7/h3-4H,5H2,1-2H3,(H,10,12,13,14). The summed E-state index contributed by atoms with van der Waals surface area (Å²) in [4.78, 5) is 15.4. The van der Waals surface area contributed by atoms with Gasteiger partial charge in [0.1, 0.15) is 0 Å². The molecule has 0 aromatic carbocycles. The number of aromatic nitrogens is 3. The highest BCUT2D eigenvalue weighted by atomic mass is 35.5. The van der Waals surface area contributed by atoms with Crippen LogP contribution in [0.2, 0.25) is 0 Å². The van der Waals surface area contributed by atoms with E-state index in [-0.39, 0.29) is 17.7 Å². The molecule has 0 spiro atoms. The zero-order valence-corrected chi connectivity index (χ0v) is 8.75. The van der Waals surface area contributed by atoms with Gasteiger partial charge in [-0.2, -0.15) is 5.10 Å². The Bertz CT molecular complexity index is 314. The third-order valence-corrected chi connectivity index (χ3v) is 2.32. The molecule has 1 aromatic heterocycles. The van der Waals surface area contributed by atoms with Crippen molar-refractivity contribution >= 4 is 23.5 Å². The van der Waals surface area contributed by atoms with E-state index < -0.39 is 5.41 Å². The van der Waals surface area contributed by atoms with Crippen LogP contribution in [0.4, 0.5) is 5.95 Å². The molecular formula is C8H11ClN4O. The molecule has 0 saturated carbocycles. The third-order valence-electron chi connectivity index (χ3n) is 1.66. The van der Waals surface area contributed by atoms with Crippen molar-refractivity contribution in [2.45, 2.75) is 13.8 Å². The van der Waals surface area contributed by atoms with Gasteiger partial charge in [-0.25, -0.2) is 4.98 Å². The second-order valence-corrected chi connectivity index (χ2v) is 3.71. The number of rotatable bonds is 3. The van der Waals surface area contributed by atoms with E-state index >= 15 is 0 Å². The lowest BCUT2D eigenvalue weighted by molar-refractivity contribution is -0.123. The quantitative estimate of drug-likeness (QED) is 0.765. The Hall–Kier alpha value is -1.23. The van der Waals surface area contributed by atoms with Crippen LogP contribution in [0.3, 0.4) is 0 Å². The highest BCUT2D eigenvalue weighted by Gasteiger charge is 2.27. The predicted molar refractivity (Wildman–Crippen MR) is 53.0 cm³/mol. The maximum Gasteiger partial charge on any atom is 0.249 e. The summed E-state index contributed by atoms with van der Waals surface area (Å²) in [5, 5.41) is 9.74.